The van der Waals surface area contributed by atoms with E-state index in [0.717, 1.165) is 19.3 Å². The Bertz CT molecular complexity index is 1030. The van der Waals surface area contributed by atoms with Gasteiger partial charge in [-0.05, 0) is 55.3 Å². The van der Waals surface area contributed by atoms with Gasteiger partial charge in [-0.25, -0.2) is 8.42 Å². The van der Waals surface area contributed by atoms with E-state index in [1.54, 1.807) is 24.3 Å². The van der Waals surface area contributed by atoms with E-state index < -0.39 is 15.9 Å². The van der Waals surface area contributed by atoms with Crippen molar-refractivity contribution in [3.05, 3.63) is 53.1 Å². The quantitative estimate of drug-likeness (QED) is 0.752. The number of sulfonamides is 1. The maximum atomic E-state index is 12.9. The number of rotatable bonds is 6. The van der Waals surface area contributed by atoms with E-state index in [1.165, 1.54) is 22.5 Å². The highest BCUT2D eigenvalue weighted by Gasteiger charge is 2.28. The summed E-state index contributed by atoms with van der Waals surface area (Å²) in [5.74, 6) is 0.00150. The highest BCUT2D eigenvalue weighted by Crippen LogP contribution is 2.29. The maximum absolute atomic E-state index is 12.9. The second-order valence-electron chi connectivity index (χ2n) is 6.58. The summed E-state index contributed by atoms with van der Waals surface area (Å²) >= 11 is 6.14. The molecule has 1 aliphatic rings. The van der Waals surface area contributed by atoms with E-state index in [9.17, 15) is 13.2 Å². The largest absolute Gasteiger partial charge is 0.484 e. The molecule has 0 aromatic heterocycles. The summed E-state index contributed by atoms with van der Waals surface area (Å²) in [6.07, 6.45) is 2.65. The Kier molecular flexibility index (Phi) is 6.75. The summed E-state index contributed by atoms with van der Waals surface area (Å²) in [4.78, 5) is 12.2. The predicted molar refractivity (Wildman–Crippen MR) is 109 cm³/mol. The highest BCUT2D eigenvalue weighted by molar-refractivity contribution is 7.89. The lowest BCUT2D eigenvalue weighted by Crippen LogP contribution is -2.35. The van der Waals surface area contributed by atoms with Crippen molar-refractivity contribution in [1.29, 1.82) is 5.26 Å². The zero-order valence-corrected chi connectivity index (χ0v) is 17.2. The minimum absolute atomic E-state index is 0.0214. The van der Waals surface area contributed by atoms with Gasteiger partial charge in [0.05, 0.1) is 16.7 Å². The van der Waals surface area contributed by atoms with Crippen LogP contribution in [0.5, 0.6) is 5.75 Å². The number of ether oxygens (including phenoxy) is 1. The molecule has 1 N–H and O–H groups in total. The fraction of sp³-hybridized carbons (Fsp3) is 0.300. The average Bonchev–Trinajstić information content (AvgIpc) is 2.74. The normalized spacial score (nSPS) is 14.8. The zero-order valence-electron chi connectivity index (χ0n) is 15.6. The van der Waals surface area contributed by atoms with Crippen LogP contribution in [-0.4, -0.2) is 38.3 Å². The molecule has 0 radical (unpaired) electrons. The van der Waals surface area contributed by atoms with Gasteiger partial charge in [-0.3, -0.25) is 4.79 Å². The first-order valence-electron chi connectivity index (χ1n) is 9.12. The lowest BCUT2D eigenvalue weighted by atomic mass is 10.2. The Labute approximate surface area is 174 Å². The third-order valence-electron chi connectivity index (χ3n) is 4.50. The fourth-order valence-electron chi connectivity index (χ4n) is 2.99. The van der Waals surface area contributed by atoms with Crippen LogP contribution in [0.15, 0.2) is 47.4 Å². The molecule has 0 aliphatic carbocycles. The van der Waals surface area contributed by atoms with Crippen LogP contribution in [0.25, 0.3) is 0 Å². The molecule has 7 nitrogen and oxygen atoms in total. The van der Waals surface area contributed by atoms with Crippen molar-refractivity contribution in [2.75, 3.05) is 25.0 Å². The number of halogens is 1. The molecule has 1 fully saturated rings. The minimum Gasteiger partial charge on any atom is -0.484 e. The summed E-state index contributed by atoms with van der Waals surface area (Å²) in [6.45, 7) is 0.671. The summed E-state index contributed by atoms with van der Waals surface area (Å²) in [6, 6.07) is 12.7. The average molecular weight is 434 g/mol. The first-order valence-corrected chi connectivity index (χ1v) is 10.9. The van der Waals surface area contributed by atoms with E-state index >= 15 is 0 Å². The maximum Gasteiger partial charge on any atom is 0.262 e. The molecule has 2 aromatic rings. The number of hydrogen-bond donors (Lipinski definition) is 1. The molecule has 152 valence electrons. The first-order chi connectivity index (χ1) is 13.9. The monoisotopic (exact) mass is 433 g/mol. The lowest BCUT2D eigenvalue weighted by molar-refractivity contribution is -0.118. The zero-order chi connectivity index (χ0) is 20.9. The molecule has 0 unspecified atom stereocenters. The van der Waals surface area contributed by atoms with Crippen LogP contribution < -0.4 is 10.1 Å². The lowest BCUT2D eigenvalue weighted by Gasteiger charge is -2.26. The molecule has 9 heteroatoms. The molecule has 1 heterocycles. The number of nitrogens with zero attached hydrogens (tertiary/aromatic N) is 2. The van der Waals surface area contributed by atoms with Crippen molar-refractivity contribution < 1.29 is 17.9 Å². The Morgan fingerprint density at radius 3 is 2.48 bits per heavy atom. The Morgan fingerprint density at radius 2 is 1.83 bits per heavy atom. The van der Waals surface area contributed by atoms with E-state index in [-0.39, 0.29) is 16.5 Å². The van der Waals surface area contributed by atoms with E-state index in [0.29, 0.717) is 30.1 Å². The van der Waals surface area contributed by atoms with Crippen LogP contribution in [0.4, 0.5) is 5.69 Å². The van der Waals surface area contributed by atoms with Gasteiger partial charge in [-0.15, -0.1) is 0 Å². The molecule has 1 amide bonds. The molecular weight excluding hydrogens is 414 g/mol. The standard InChI is InChI=1S/C20H20ClN3O4S/c21-18-9-6-16(12-19(18)29(26,27)24-10-2-1-3-11-24)23-20(25)14-28-17-7-4-15(13-22)5-8-17/h4-9,12H,1-3,10-11,14H2,(H,23,25). The van der Waals surface area contributed by atoms with Gasteiger partial charge < -0.3 is 10.1 Å². The van der Waals surface area contributed by atoms with Crippen molar-refractivity contribution in [2.24, 2.45) is 0 Å². The number of carbonyl (C=O) groups excluding carboxylic acids is 1. The molecule has 1 aliphatic heterocycles. The number of anilines is 1. The Balaban J connectivity index is 1.67. The number of amides is 1. The number of hydrogen-bond acceptors (Lipinski definition) is 5. The smallest absolute Gasteiger partial charge is 0.262 e. The number of carbonyl (C=O) groups is 1. The number of benzene rings is 2. The molecular formula is C20H20ClN3O4S. The van der Waals surface area contributed by atoms with Crippen LogP contribution >= 0.6 is 11.6 Å². The second-order valence-corrected chi connectivity index (χ2v) is 8.90. The van der Waals surface area contributed by atoms with Gasteiger partial charge >= 0.3 is 0 Å². The van der Waals surface area contributed by atoms with Gasteiger partial charge in [0.15, 0.2) is 6.61 Å². The van der Waals surface area contributed by atoms with Gasteiger partial charge in [0.2, 0.25) is 10.0 Å². The van der Waals surface area contributed by atoms with Gasteiger partial charge in [-0.1, -0.05) is 18.0 Å². The van der Waals surface area contributed by atoms with Gasteiger partial charge in [0.25, 0.3) is 5.91 Å². The van der Waals surface area contributed by atoms with Crippen LogP contribution in [0, 0.1) is 11.3 Å². The Morgan fingerprint density at radius 1 is 1.14 bits per heavy atom. The van der Waals surface area contributed by atoms with E-state index in [1.807, 2.05) is 6.07 Å². The molecule has 0 saturated carbocycles. The minimum atomic E-state index is -3.72. The van der Waals surface area contributed by atoms with E-state index in [4.69, 9.17) is 21.6 Å². The summed E-state index contributed by atoms with van der Waals surface area (Å²) in [7, 11) is -3.72. The predicted octanol–water partition coefficient (Wildman–Crippen LogP) is 3.40. The third kappa shape index (κ3) is 5.26. The highest BCUT2D eigenvalue weighted by atomic mass is 35.5. The Hall–Kier alpha value is -2.60. The first kappa shape index (κ1) is 21.1. The van der Waals surface area contributed by atoms with Crippen LogP contribution in [-0.2, 0) is 14.8 Å². The van der Waals surface area contributed by atoms with Crippen LogP contribution in [0.1, 0.15) is 24.8 Å². The van der Waals surface area contributed by atoms with Gasteiger partial charge in [0, 0.05) is 18.8 Å². The van der Waals surface area contributed by atoms with Crippen LogP contribution in [0.2, 0.25) is 5.02 Å². The number of piperidine rings is 1. The van der Waals surface area contributed by atoms with Crippen molar-refractivity contribution in [1.82, 2.24) is 4.31 Å². The summed E-state index contributed by atoms with van der Waals surface area (Å²) < 4.78 is 32.6. The van der Waals surface area contributed by atoms with Crippen molar-refractivity contribution in [2.45, 2.75) is 24.2 Å². The molecule has 2 aromatic carbocycles. The SMILES string of the molecule is N#Cc1ccc(OCC(=O)Nc2ccc(Cl)c(S(=O)(=O)N3CCCCC3)c2)cc1. The molecule has 0 atom stereocenters. The number of nitriles is 1. The van der Waals surface area contributed by atoms with Gasteiger partial charge in [-0.2, -0.15) is 9.57 Å². The molecule has 1 saturated heterocycles. The summed E-state index contributed by atoms with van der Waals surface area (Å²) in [5.41, 5.74) is 0.809. The van der Waals surface area contributed by atoms with E-state index in [2.05, 4.69) is 5.32 Å². The fourth-order valence-corrected chi connectivity index (χ4v) is 5.01. The summed E-state index contributed by atoms with van der Waals surface area (Å²) in [5, 5.41) is 11.5. The van der Waals surface area contributed by atoms with Crippen molar-refractivity contribution in [3.63, 3.8) is 0 Å². The topological polar surface area (TPSA) is 99.5 Å². The molecule has 0 bridgehead atoms. The van der Waals surface area contributed by atoms with Crippen molar-refractivity contribution >= 4 is 33.2 Å². The van der Waals surface area contributed by atoms with Crippen LogP contribution in [0.3, 0.4) is 0 Å². The second kappa shape index (κ2) is 9.27. The number of nitrogens with one attached hydrogen (secondary N) is 1. The molecule has 3 rings (SSSR count). The molecule has 29 heavy (non-hydrogen) atoms. The molecule has 0 spiro atoms. The van der Waals surface area contributed by atoms with Gasteiger partial charge in [0.1, 0.15) is 10.6 Å². The van der Waals surface area contributed by atoms with Crippen molar-refractivity contribution in [3.8, 4) is 11.8 Å². The third-order valence-corrected chi connectivity index (χ3v) is 6.88.